The summed E-state index contributed by atoms with van der Waals surface area (Å²) in [7, 11) is 3.38. The summed E-state index contributed by atoms with van der Waals surface area (Å²) in [6.07, 6.45) is 0. The zero-order valence-electron chi connectivity index (χ0n) is 14.1. The van der Waals surface area contributed by atoms with E-state index in [-0.39, 0.29) is 5.91 Å². The number of thiazole rings is 1. The molecule has 25 heavy (non-hydrogen) atoms. The lowest BCUT2D eigenvalue weighted by Crippen LogP contribution is -2.26. The second-order valence-electron chi connectivity index (χ2n) is 5.56. The first-order valence-electron chi connectivity index (χ1n) is 7.57. The number of aromatic nitrogens is 1. The van der Waals surface area contributed by atoms with Crippen LogP contribution in [0.1, 0.15) is 20.9 Å². The SMILES string of the molecule is COc1ccc(Cl)cc1CN(C)C(=O)c1sc(-c2ccsc2)nc1C. The minimum Gasteiger partial charge on any atom is -0.496 e. The van der Waals surface area contributed by atoms with Crippen LogP contribution in [-0.4, -0.2) is 29.9 Å². The van der Waals surface area contributed by atoms with Crippen molar-refractivity contribution in [2.75, 3.05) is 14.2 Å². The summed E-state index contributed by atoms with van der Waals surface area (Å²) in [5.41, 5.74) is 2.67. The lowest BCUT2D eigenvalue weighted by molar-refractivity contribution is 0.0788. The molecule has 0 bridgehead atoms. The minimum absolute atomic E-state index is 0.0569. The van der Waals surface area contributed by atoms with E-state index in [0.717, 1.165) is 21.8 Å². The third-order valence-corrected chi connectivity index (χ3v) is 5.87. The van der Waals surface area contributed by atoms with Gasteiger partial charge in [-0.25, -0.2) is 4.98 Å². The van der Waals surface area contributed by atoms with E-state index in [2.05, 4.69) is 4.98 Å². The Labute approximate surface area is 159 Å². The van der Waals surface area contributed by atoms with E-state index >= 15 is 0 Å². The van der Waals surface area contributed by atoms with Crippen molar-refractivity contribution in [1.29, 1.82) is 0 Å². The van der Waals surface area contributed by atoms with Crippen molar-refractivity contribution >= 4 is 40.2 Å². The van der Waals surface area contributed by atoms with E-state index < -0.39 is 0 Å². The van der Waals surface area contributed by atoms with Crippen LogP contribution in [0.3, 0.4) is 0 Å². The summed E-state index contributed by atoms with van der Waals surface area (Å²) in [5.74, 6) is 0.655. The van der Waals surface area contributed by atoms with Gasteiger partial charge in [0, 0.05) is 35.1 Å². The molecule has 130 valence electrons. The van der Waals surface area contributed by atoms with E-state index in [0.29, 0.717) is 22.2 Å². The van der Waals surface area contributed by atoms with E-state index in [9.17, 15) is 4.79 Å². The predicted molar refractivity (Wildman–Crippen MR) is 104 cm³/mol. The van der Waals surface area contributed by atoms with Crippen molar-refractivity contribution in [1.82, 2.24) is 9.88 Å². The molecule has 0 fully saturated rings. The first-order valence-corrected chi connectivity index (χ1v) is 9.71. The standard InChI is InChI=1S/C18H17ClN2O2S2/c1-11-16(25-17(20-11)12-6-7-24-10-12)18(22)21(2)9-13-8-14(19)4-5-15(13)23-3/h4-8,10H,9H2,1-3H3. The molecular formula is C18H17ClN2O2S2. The number of amides is 1. The van der Waals surface area contributed by atoms with Gasteiger partial charge >= 0.3 is 0 Å². The van der Waals surface area contributed by atoms with E-state index in [4.69, 9.17) is 16.3 Å². The number of halogens is 1. The third kappa shape index (κ3) is 3.86. The van der Waals surface area contributed by atoms with E-state index in [1.807, 2.05) is 35.9 Å². The lowest BCUT2D eigenvalue weighted by atomic mass is 10.2. The molecule has 0 unspecified atom stereocenters. The molecule has 2 aromatic heterocycles. The average Bonchev–Trinajstić information content (AvgIpc) is 3.23. The van der Waals surface area contributed by atoms with Crippen molar-refractivity contribution in [3.05, 3.63) is 56.2 Å². The number of thiophene rings is 1. The zero-order chi connectivity index (χ0) is 18.0. The predicted octanol–water partition coefficient (Wildman–Crippen LogP) is 5.11. The summed E-state index contributed by atoms with van der Waals surface area (Å²) < 4.78 is 5.36. The van der Waals surface area contributed by atoms with Crippen LogP contribution in [0.2, 0.25) is 5.02 Å². The highest BCUT2D eigenvalue weighted by Gasteiger charge is 2.21. The van der Waals surface area contributed by atoms with Crippen LogP contribution in [0.15, 0.2) is 35.0 Å². The second-order valence-corrected chi connectivity index (χ2v) is 7.78. The van der Waals surface area contributed by atoms with Gasteiger partial charge in [0.15, 0.2) is 0 Å². The van der Waals surface area contributed by atoms with Crippen LogP contribution in [0.5, 0.6) is 5.75 Å². The fourth-order valence-corrected chi connectivity index (χ4v) is 4.44. The Kier molecular flexibility index (Phi) is 5.42. The first-order chi connectivity index (χ1) is 12.0. The summed E-state index contributed by atoms with van der Waals surface area (Å²) in [6, 6.07) is 7.41. The Bertz CT molecular complexity index is 891. The molecular weight excluding hydrogens is 376 g/mol. The number of hydrogen-bond donors (Lipinski definition) is 0. The number of carbonyl (C=O) groups excluding carboxylic acids is 1. The highest BCUT2D eigenvalue weighted by molar-refractivity contribution is 7.17. The quantitative estimate of drug-likeness (QED) is 0.605. The number of aryl methyl sites for hydroxylation is 1. The fraction of sp³-hybridized carbons (Fsp3) is 0.222. The molecule has 3 aromatic rings. The van der Waals surface area contributed by atoms with Crippen LogP contribution in [0, 0.1) is 6.92 Å². The molecule has 0 saturated carbocycles. The first kappa shape index (κ1) is 17.9. The largest absolute Gasteiger partial charge is 0.496 e. The Hall–Kier alpha value is -1.89. The van der Waals surface area contributed by atoms with Crippen LogP contribution in [-0.2, 0) is 6.54 Å². The van der Waals surface area contributed by atoms with Gasteiger partial charge in [-0.1, -0.05) is 11.6 Å². The van der Waals surface area contributed by atoms with Gasteiger partial charge in [0.05, 0.1) is 12.8 Å². The van der Waals surface area contributed by atoms with Gasteiger partial charge in [-0.05, 0) is 36.6 Å². The van der Waals surface area contributed by atoms with Gasteiger partial charge in [0.1, 0.15) is 15.6 Å². The molecule has 0 N–H and O–H groups in total. The van der Waals surface area contributed by atoms with Gasteiger partial charge in [-0.15, -0.1) is 11.3 Å². The van der Waals surface area contributed by atoms with Crippen molar-refractivity contribution < 1.29 is 9.53 Å². The minimum atomic E-state index is -0.0569. The maximum absolute atomic E-state index is 12.9. The number of benzene rings is 1. The van der Waals surface area contributed by atoms with Crippen molar-refractivity contribution in [2.45, 2.75) is 13.5 Å². The molecule has 1 amide bonds. The molecule has 7 heteroatoms. The lowest BCUT2D eigenvalue weighted by Gasteiger charge is -2.18. The maximum atomic E-state index is 12.9. The number of hydrogen-bond acceptors (Lipinski definition) is 5. The van der Waals surface area contributed by atoms with Crippen molar-refractivity contribution in [3.63, 3.8) is 0 Å². The Balaban J connectivity index is 1.83. The van der Waals surface area contributed by atoms with Gasteiger partial charge in [0.25, 0.3) is 5.91 Å². The van der Waals surface area contributed by atoms with Gasteiger partial charge in [-0.3, -0.25) is 4.79 Å². The molecule has 4 nitrogen and oxygen atoms in total. The van der Waals surface area contributed by atoms with Crippen LogP contribution >= 0.6 is 34.3 Å². The number of nitrogens with zero attached hydrogens (tertiary/aromatic N) is 2. The number of rotatable bonds is 5. The smallest absolute Gasteiger partial charge is 0.265 e. The normalized spacial score (nSPS) is 10.7. The Morgan fingerprint density at radius 1 is 1.36 bits per heavy atom. The summed E-state index contributed by atoms with van der Waals surface area (Å²) in [5, 5.41) is 5.53. The van der Waals surface area contributed by atoms with E-state index in [1.165, 1.54) is 11.3 Å². The molecule has 0 aliphatic rings. The summed E-state index contributed by atoms with van der Waals surface area (Å²) in [6.45, 7) is 2.28. The van der Waals surface area contributed by atoms with Crippen molar-refractivity contribution in [3.8, 4) is 16.3 Å². The van der Waals surface area contributed by atoms with Crippen LogP contribution in [0.4, 0.5) is 0 Å². The van der Waals surface area contributed by atoms with E-state index in [1.54, 1.807) is 36.5 Å². The highest BCUT2D eigenvalue weighted by atomic mass is 35.5. The molecule has 0 radical (unpaired) electrons. The highest BCUT2D eigenvalue weighted by Crippen LogP contribution is 2.31. The van der Waals surface area contributed by atoms with Crippen LogP contribution in [0.25, 0.3) is 10.6 Å². The molecule has 0 saturated heterocycles. The number of methoxy groups -OCH3 is 1. The maximum Gasteiger partial charge on any atom is 0.265 e. The van der Waals surface area contributed by atoms with Gasteiger partial charge in [-0.2, -0.15) is 11.3 Å². The molecule has 2 heterocycles. The summed E-state index contributed by atoms with van der Waals surface area (Å²) in [4.78, 5) is 19.7. The molecule has 0 aliphatic heterocycles. The van der Waals surface area contributed by atoms with Crippen LogP contribution < -0.4 is 4.74 Å². The van der Waals surface area contributed by atoms with Gasteiger partial charge in [0.2, 0.25) is 0 Å². The summed E-state index contributed by atoms with van der Waals surface area (Å²) >= 11 is 9.11. The molecule has 3 rings (SSSR count). The third-order valence-electron chi connectivity index (χ3n) is 3.76. The zero-order valence-corrected chi connectivity index (χ0v) is 16.5. The second kappa shape index (κ2) is 7.56. The molecule has 0 atom stereocenters. The van der Waals surface area contributed by atoms with Crippen molar-refractivity contribution in [2.24, 2.45) is 0 Å². The average molecular weight is 393 g/mol. The van der Waals surface area contributed by atoms with Gasteiger partial charge < -0.3 is 9.64 Å². The molecule has 0 aliphatic carbocycles. The number of carbonyl (C=O) groups is 1. The Morgan fingerprint density at radius 2 is 2.16 bits per heavy atom. The topological polar surface area (TPSA) is 42.4 Å². The molecule has 0 spiro atoms. The number of ether oxygens (including phenoxy) is 1. The monoisotopic (exact) mass is 392 g/mol. The Morgan fingerprint density at radius 3 is 2.84 bits per heavy atom. The molecule has 1 aromatic carbocycles. The fourth-order valence-electron chi connectivity index (χ4n) is 2.48.